The number of carbonyl (C=O) groups excluding carboxylic acids is 1. The van der Waals surface area contributed by atoms with Gasteiger partial charge in [0, 0.05) is 39.3 Å². The van der Waals surface area contributed by atoms with Gasteiger partial charge in [-0.2, -0.15) is 0 Å². The van der Waals surface area contributed by atoms with Gasteiger partial charge in [0.25, 0.3) is 0 Å². The van der Waals surface area contributed by atoms with Crippen molar-refractivity contribution in [3.63, 3.8) is 0 Å². The molecule has 25 heavy (non-hydrogen) atoms. The van der Waals surface area contributed by atoms with Crippen LogP contribution in [0, 0.1) is 0 Å². The maximum absolute atomic E-state index is 12.8. The fraction of sp³-hybridized carbons (Fsp3) is 0.158. The van der Waals surface area contributed by atoms with Crippen LogP contribution in [0.25, 0.3) is 11.1 Å². The standard InChI is InChI=1S/C19H17NO3S2/c1-24-14-8-6-13(7-9-14)15-4-3-5-16(17(15)12-25(2)22)19(21)18-10-11-23-20-18/h3-11H,12H2,1-2H3. The molecule has 0 saturated heterocycles. The number of aromatic nitrogens is 1. The normalized spacial score (nSPS) is 12.1. The van der Waals surface area contributed by atoms with Crippen molar-refractivity contribution in [3.05, 3.63) is 71.6 Å². The molecule has 3 aromatic rings. The van der Waals surface area contributed by atoms with Crippen LogP contribution in [0.3, 0.4) is 0 Å². The zero-order chi connectivity index (χ0) is 17.8. The number of hydrogen-bond donors (Lipinski definition) is 0. The highest BCUT2D eigenvalue weighted by molar-refractivity contribution is 7.98. The summed E-state index contributed by atoms with van der Waals surface area (Å²) in [4.78, 5) is 13.9. The van der Waals surface area contributed by atoms with Crippen LogP contribution in [0.1, 0.15) is 21.6 Å². The largest absolute Gasteiger partial charge is 0.364 e. The Morgan fingerprint density at radius 1 is 1.16 bits per heavy atom. The molecule has 2 aromatic carbocycles. The number of nitrogens with zero attached hydrogens (tertiary/aromatic N) is 1. The topological polar surface area (TPSA) is 60.2 Å². The van der Waals surface area contributed by atoms with Crippen LogP contribution < -0.4 is 0 Å². The molecule has 1 atom stereocenters. The van der Waals surface area contributed by atoms with Gasteiger partial charge in [-0.15, -0.1) is 11.8 Å². The van der Waals surface area contributed by atoms with E-state index in [0.717, 1.165) is 16.7 Å². The Kier molecular flexibility index (Phi) is 5.50. The second-order valence-corrected chi connectivity index (χ2v) is 7.81. The summed E-state index contributed by atoms with van der Waals surface area (Å²) in [6.45, 7) is 0. The molecule has 0 aliphatic heterocycles. The Morgan fingerprint density at radius 2 is 1.92 bits per heavy atom. The predicted octanol–water partition coefficient (Wildman–Crippen LogP) is 4.17. The van der Waals surface area contributed by atoms with E-state index in [0.29, 0.717) is 11.3 Å². The molecule has 0 spiro atoms. The molecule has 128 valence electrons. The number of ketones is 1. The molecule has 0 N–H and O–H groups in total. The lowest BCUT2D eigenvalue weighted by atomic mass is 9.93. The van der Waals surface area contributed by atoms with Gasteiger partial charge in [-0.05, 0) is 35.1 Å². The summed E-state index contributed by atoms with van der Waals surface area (Å²) in [6.07, 6.45) is 5.03. The smallest absolute Gasteiger partial charge is 0.215 e. The lowest BCUT2D eigenvalue weighted by Crippen LogP contribution is -2.09. The van der Waals surface area contributed by atoms with Crippen molar-refractivity contribution in [2.24, 2.45) is 0 Å². The molecule has 0 radical (unpaired) electrons. The Balaban J connectivity index is 2.13. The SMILES string of the molecule is CSc1ccc(-c2cccc(C(=O)c3ccon3)c2CS(C)=O)cc1. The molecule has 0 fully saturated rings. The third kappa shape index (κ3) is 3.91. The molecule has 0 amide bonds. The monoisotopic (exact) mass is 371 g/mol. The van der Waals surface area contributed by atoms with Gasteiger partial charge in [0.1, 0.15) is 6.26 Å². The molecule has 1 unspecified atom stereocenters. The molecule has 3 rings (SSSR count). The first-order valence-corrected chi connectivity index (χ1v) is 10.6. The highest BCUT2D eigenvalue weighted by Crippen LogP contribution is 2.30. The van der Waals surface area contributed by atoms with E-state index in [1.807, 2.05) is 42.7 Å². The molecular weight excluding hydrogens is 354 g/mol. The van der Waals surface area contributed by atoms with Crippen LogP contribution in [0.2, 0.25) is 0 Å². The van der Waals surface area contributed by atoms with Crippen LogP contribution in [0.15, 0.2) is 64.2 Å². The number of benzene rings is 2. The second kappa shape index (κ2) is 7.80. The van der Waals surface area contributed by atoms with E-state index < -0.39 is 10.8 Å². The summed E-state index contributed by atoms with van der Waals surface area (Å²) in [5.41, 5.74) is 3.44. The second-order valence-electron chi connectivity index (χ2n) is 5.49. The first-order valence-electron chi connectivity index (χ1n) is 7.61. The fourth-order valence-corrected chi connectivity index (χ4v) is 3.79. The summed E-state index contributed by atoms with van der Waals surface area (Å²) in [5, 5.41) is 3.73. The zero-order valence-corrected chi connectivity index (χ0v) is 15.5. The van der Waals surface area contributed by atoms with Gasteiger partial charge in [-0.1, -0.05) is 35.5 Å². The minimum absolute atomic E-state index is 0.225. The van der Waals surface area contributed by atoms with Crippen molar-refractivity contribution >= 4 is 28.3 Å². The van der Waals surface area contributed by atoms with Gasteiger partial charge >= 0.3 is 0 Å². The summed E-state index contributed by atoms with van der Waals surface area (Å²) in [7, 11) is -1.08. The highest BCUT2D eigenvalue weighted by Gasteiger charge is 2.20. The fourth-order valence-electron chi connectivity index (χ4n) is 2.67. The van der Waals surface area contributed by atoms with Crippen LogP contribution in [-0.4, -0.2) is 27.7 Å². The minimum Gasteiger partial charge on any atom is -0.364 e. The maximum atomic E-state index is 12.8. The van der Waals surface area contributed by atoms with E-state index in [2.05, 4.69) is 5.16 Å². The molecule has 1 aromatic heterocycles. The van der Waals surface area contributed by atoms with E-state index in [9.17, 15) is 9.00 Å². The summed E-state index contributed by atoms with van der Waals surface area (Å²) >= 11 is 1.67. The van der Waals surface area contributed by atoms with Crippen molar-refractivity contribution in [2.75, 3.05) is 12.5 Å². The Labute approximate surface area is 153 Å². The zero-order valence-electron chi connectivity index (χ0n) is 13.9. The van der Waals surface area contributed by atoms with Gasteiger partial charge in [0.05, 0.1) is 0 Å². The van der Waals surface area contributed by atoms with Crippen molar-refractivity contribution in [1.29, 1.82) is 0 Å². The first-order chi connectivity index (χ1) is 12.1. The number of hydrogen-bond acceptors (Lipinski definition) is 5. The molecule has 0 aliphatic rings. The predicted molar refractivity (Wildman–Crippen MR) is 101 cm³/mol. The molecule has 0 saturated carbocycles. The Bertz CT molecular complexity index is 903. The quantitative estimate of drug-likeness (QED) is 0.481. The molecule has 1 heterocycles. The average molecular weight is 371 g/mol. The van der Waals surface area contributed by atoms with E-state index in [4.69, 9.17) is 4.52 Å². The molecule has 0 bridgehead atoms. The molecular formula is C19H17NO3S2. The Hall–Kier alpha value is -2.18. The van der Waals surface area contributed by atoms with Crippen molar-refractivity contribution in [2.45, 2.75) is 10.6 Å². The van der Waals surface area contributed by atoms with Crippen molar-refractivity contribution in [3.8, 4) is 11.1 Å². The van der Waals surface area contributed by atoms with Gasteiger partial charge < -0.3 is 4.52 Å². The van der Waals surface area contributed by atoms with Crippen LogP contribution in [-0.2, 0) is 16.6 Å². The number of rotatable bonds is 6. The average Bonchev–Trinajstić information content (AvgIpc) is 3.16. The lowest BCUT2D eigenvalue weighted by molar-refractivity contribution is 0.103. The lowest BCUT2D eigenvalue weighted by Gasteiger charge is -2.13. The third-order valence-electron chi connectivity index (χ3n) is 3.84. The summed E-state index contributed by atoms with van der Waals surface area (Å²) < 4.78 is 16.7. The minimum atomic E-state index is -1.08. The van der Waals surface area contributed by atoms with Crippen molar-refractivity contribution < 1.29 is 13.5 Å². The molecule has 6 heteroatoms. The number of thioether (sulfide) groups is 1. The molecule has 4 nitrogen and oxygen atoms in total. The summed E-state index contributed by atoms with van der Waals surface area (Å²) in [5.74, 6) is 0.0797. The van der Waals surface area contributed by atoms with E-state index in [1.165, 1.54) is 17.2 Å². The van der Waals surface area contributed by atoms with Crippen LogP contribution in [0.4, 0.5) is 0 Å². The molecule has 0 aliphatic carbocycles. The maximum Gasteiger partial charge on any atom is 0.215 e. The summed E-state index contributed by atoms with van der Waals surface area (Å²) in [6, 6.07) is 15.2. The van der Waals surface area contributed by atoms with Gasteiger partial charge in [-0.3, -0.25) is 9.00 Å². The first kappa shape index (κ1) is 17.6. The highest BCUT2D eigenvalue weighted by atomic mass is 32.2. The Morgan fingerprint density at radius 3 is 2.52 bits per heavy atom. The van der Waals surface area contributed by atoms with Gasteiger partial charge in [-0.25, -0.2) is 0 Å². The van der Waals surface area contributed by atoms with E-state index in [1.54, 1.807) is 24.1 Å². The van der Waals surface area contributed by atoms with Crippen LogP contribution in [0.5, 0.6) is 0 Å². The van der Waals surface area contributed by atoms with Crippen molar-refractivity contribution in [1.82, 2.24) is 5.16 Å². The van der Waals surface area contributed by atoms with E-state index in [-0.39, 0.29) is 11.5 Å². The van der Waals surface area contributed by atoms with Crippen LogP contribution >= 0.6 is 11.8 Å². The number of carbonyl (C=O) groups is 1. The third-order valence-corrected chi connectivity index (χ3v) is 5.28. The van der Waals surface area contributed by atoms with Gasteiger partial charge in [0.2, 0.25) is 5.78 Å². The van der Waals surface area contributed by atoms with Gasteiger partial charge in [0.15, 0.2) is 5.69 Å². The van der Waals surface area contributed by atoms with E-state index >= 15 is 0 Å².